The average molecular weight is 348 g/mol. The van der Waals surface area contributed by atoms with Gasteiger partial charge in [-0.15, -0.1) is 0 Å². The number of fused-ring (bicyclic) bond motifs is 1. The molecule has 1 aliphatic rings. The van der Waals surface area contributed by atoms with Gasteiger partial charge in [0.05, 0.1) is 6.42 Å². The standard InChI is InChI=1S/C17H18ClN3O3/c1-11-6-8-21(13-5-3-2-4-12(11)13)15-10-14(18)19-17(20-15)24-9-7-16(22)23/h2-5,10-11H,6-9H2,1H3,(H,22,23). The van der Waals surface area contributed by atoms with E-state index in [9.17, 15) is 4.79 Å². The number of rotatable bonds is 5. The molecule has 6 nitrogen and oxygen atoms in total. The molecule has 7 heteroatoms. The number of para-hydroxylation sites is 1. The smallest absolute Gasteiger partial charge is 0.319 e. The van der Waals surface area contributed by atoms with E-state index < -0.39 is 5.97 Å². The van der Waals surface area contributed by atoms with Gasteiger partial charge in [0.1, 0.15) is 17.6 Å². The molecule has 0 radical (unpaired) electrons. The third kappa shape index (κ3) is 3.59. The first-order chi connectivity index (χ1) is 11.5. The number of nitrogens with zero attached hydrogens (tertiary/aromatic N) is 3. The number of ether oxygens (including phenoxy) is 1. The van der Waals surface area contributed by atoms with E-state index in [2.05, 4.69) is 33.9 Å². The highest BCUT2D eigenvalue weighted by Crippen LogP contribution is 2.38. The number of hydrogen-bond donors (Lipinski definition) is 1. The van der Waals surface area contributed by atoms with Crippen molar-refractivity contribution in [3.05, 3.63) is 41.0 Å². The third-order valence-corrected chi connectivity index (χ3v) is 4.22. The molecule has 0 aliphatic carbocycles. The van der Waals surface area contributed by atoms with Crippen molar-refractivity contribution in [1.82, 2.24) is 9.97 Å². The van der Waals surface area contributed by atoms with Gasteiger partial charge in [0, 0.05) is 18.3 Å². The second-order valence-corrected chi connectivity index (χ2v) is 6.11. The Balaban J connectivity index is 1.88. The Hall–Kier alpha value is -2.34. The fraction of sp³-hybridized carbons (Fsp3) is 0.353. The Bertz CT molecular complexity index is 754. The van der Waals surface area contributed by atoms with Crippen LogP contribution in [0.15, 0.2) is 30.3 Å². The summed E-state index contributed by atoms with van der Waals surface area (Å²) in [6, 6.07) is 10.0. The van der Waals surface area contributed by atoms with E-state index in [0.29, 0.717) is 11.7 Å². The Morgan fingerprint density at radius 1 is 1.42 bits per heavy atom. The monoisotopic (exact) mass is 347 g/mol. The van der Waals surface area contributed by atoms with Crippen molar-refractivity contribution < 1.29 is 14.6 Å². The second-order valence-electron chi connectivity index (χ2n) is 5.72. The Labute approximate surface area is 145 Å². The minimum Gasteiger partial charge on any atom is -0.481 e. The highest BCUT2D eigenvalue weighted by molar-refractivity contribution is 6.29. The van der Waals surface area contributed by atoms with Gasteiger partial charge in [0.25, 0.3) is 0 Å². The molecule has 1 N–H and O–H groups in total. The van der Waals surface area contributed by atoms with Gasteiger partial charge in [0.2, 0.25) is 0 Å². The molecule has 0 fully saturated rings. The first-order valence-electron chi connectivity index (χ1n) is 7.80. The summed E-state index contributed by atoms with van der Waals surface area (Å²) in [6.07, 6.45) is 0.892. The molecule has 1 aromatic heterocycles. The molecule has 2 heterocycles. The summed E-state index contributed by atoms with van der Waals surface area (Å²) in [6.45, 7) is 3.03. The lowest BCUT2D eigenvalue weighted by Gasteiger charge is -2.33. The van der Waals surface area contributed by atoms with Crippen LogP contribution in [0.4, 0.5) is 11.5 Å². The van der Waals surface area contributed by atoms with Gasteiger partial charge in [-0.3, -0.25) is 4.79 Å². The van der Waals surface area contributed by atoms with Gasteiger partial charge in [-0.05, 0) is 24.0 Å². The molecule has 0 spiro atoms. The van der Waals surface area contributed by atoms with Crippen molar-refractivity contribution in [3.8, 4) is 6.01 Å². The molecule has 0 amide bonds. The first kappa shape index (κ1) is 16.5. The lowest BCUT2D eigenvalue weighted by Crippen LogP contribution is -2.27. The summed E-state index contributed by atoms with van der Waals surface area (Å²) < 4.78 is 5.32. The zero-order valence-electron chi connectivity index (χ0n) is 13.3. The molecular formula is C17H18ClN3O3. The molecule has 0 bridgehead atoms. The molecule has 1 atom stereocenters. The lowest BCUT2D eigenvalue weighted by molar-refractivity contribution is -0.137. The first-order valence-corrected chi connectivity index (χ1v) is 8.18. The van der Waals surface area contributed by atoms with Gasteiger partial charge < -0.3 is 14.7 Å². The molecule has 3 rings (SSSR count). The number of aromatic nitrogens is 2. The maximum absolute atomic E-state index is 10.6. The Morgan fingerprint density at radius 2 is 2.21 bits per heavy atom. The number of halogens is 1. The minimum atomic E-state index is -0.934. The number of carbonyl (C=O) groups is 1. The maximum atomic E-state index is 10.6. The van der Waals surface area contributed by atoms with Crippen LogP contribution in [0, 0.1) is 0 Å². The fourth-order valence-corrected chi connectivity index (χ4v) is 2.97. The number of anilines is 2. The van der Waals surface area contributed by atoms with Crippen LogP contribution < -0.4 is 9.64 Å². The largest absolute Gasteiger partial charge is 0.481 e. The predicted molar refractivity (Wildman–Crippen MR) is 91.3 cm³/mol. The zero-order chi connectivity index (χ0) is 17.1. The van der Waals surface area contributed by atoms with Crippen LogP contribution in [-0.4, -0.2) is 34.2 Å². The molecule has 1 aromatic carbocycles. The number of carboxylic acid groups (broad SMARTS) is 1. The maximum Gasteiger partial charge on any atom is 0.319 e. The van der Waals surface area contributed by atoms with E-state index in [1.54, 1.807) is 6.07 Å². The minimum absolute atomic E-state index is 0.00271. The Kier molecular flexibility index (Phi) is 4.85. The second kappa shape index (κ2) is 7.05. The van der Waals surface area contributed by atoms with Crippen LogP contribution in [-0.2, 0) is 4.79 Å². The predicted octanol–water partition coefficient (Wildman–Crippen LogP) is 3.63. The summed E-state index contributed by atoms with van der Waals surface area (Å²) in [7, 11) is 0. The topological polar surface area (TPSA) is 75.6 Å². The van der Waals surface area contributed by atoms with E-state index in [1.807, 2.05) is 12.1 Å². The van der Waals surface area contributed by atoms with E-state index in [0.717, 1.165) is 18.7 Å². The Morgan fingerprint density at radius 3 is 3.00 bits per heavy atom. The fourth-order valence-electron chi connectivity index (χ4n) is 2.80. The average Bonchev–Trinajstić information content (AvgIpc) is 2.54. The van der Waals surface area contributed by atoms with Gasteiger partial charge in [-0.2, -0.15) is 9.97 Å². The van der Waals surface area contributed by atoms with Crippen molar-refractivity contribution in [2.24, 2.45) is 0 Å². The molecular weight excluding hydrogens is 330 g/mol. The summed E-state index contributed by atoms with van der Waals surface area (Å²) in [5.41, 5.74) is 2.37. The highest BCUT2D eigenvalue weighted by Gasteiger charge is 2.24. The molecule has 1 unspecified atom stereocenters. The van der Waals surface area contributed by atoms with Gasteiger partial charge >= 0.3 is 12.0 Å². The number of hydrogen-bond acceptors (Lipinski definition) is 5. The van der Waals surface area contributed by atoms with Crippen molar-refractivity contribution in [3.63, 3.8) is 0 Å². The third-order valence-electron chi connectivity index (χ3n) is 4.03. The van der Waals surface area contributed by atoms with E-state index >= 15 is 0 Å². The van der Waals surface area contributed by atoms with Crippen LogP contribution in [0.3, 0.4) is 0 Å². The highest BCUT2D eigenvalue weighted by atomic mass is 35.5. The summed E-state index contributed by atoms with van der Waals surface area (Å²) in [5.74, 6) is 0.205. The number of benzene rings is 1. The van der Waals surface area contributed by atoms with Gasteiger partial charge in [-0.25, -0.2) is 0 Å². The van der Waals surface area contributed by atoms with E-state index in [1.165, 1.54) is 5.56 Å². The lowest BCUT2D eigenvalue weighted by atomic mass is 9.91. The normalized spacial score (nSPS) is 16.6. The number of carboxylic acids is 1. The molecule has 0 saturated carbocycles. The van der Waals surface area contributed by atoms with Crippen molar-refractivity contribution >= 4 is 29.1 Å². The van der Waals surface area contributed by atoms with Crippen LogP contribution in [0.5, 0.6) is 6.01 Å². The van der Waals surface area contributed by atoms with Crippen molar-refractivity contribution in [2.75, 3.05) is 18.1 Å². The quantitative estimate of drug-likeness (QED) is 0.832. The molecule has 1 aliphatic heterocycles. The van der Waals surface area contributed by atoms with Crippen LogP contribution in [0.25, 0.3) is 0 Å². The number of aliphatic carboxylic acids is 1. The molecule has 0 saturated heterocycles. The van der Waals surface area contributed by atoms with E-state index in [-0.39, 0.29) is 24.2 Å². The van der Waals surface area contributed by atoms with Crippen LogP contribution in [0.1, 0.15) is 31.2 Å². The summed E-state index contributed by atoms with van der Waals surface area (Å²) >= 11 is 6.09. The van der Waals surface area contributed by atoms with Crippen molar-refractivity contribution in [2.45, 2.75) is 25.7 Å². The molecule has 126 valence electrons. The van der Waals surface area contributed by atoms with Gasteiger partial charge in [0.15, 0.2) is 0 Å². The zero-order valence-corrected chi connectivity index (χ0v) is 14.0. The van der Waals surface area contributed by atoms with Crippen LogP contribution in [0.2, 0.25) is 5.15 Å². The van der Waals surface area contributed by atoms with Crippen LogP contribution >= 0.6 is 11.6 Å². The molecule has 2 aromatic rings. The van der Waals surface area contributed by atoms with E-state index in [4.69, 9.17) is 21.4 Å². The summed E-state index contributed by atoms with van der Waals surface area (Å²) in [4.78, 5) is 21.1. The van der Waals surface area contributed by atoms with Crippen molar-refractivity contribution in [1.29, 1.82) is 0 Å². The van der Waals surface area contributed by atoms with Gasteiger partial charge in [-0.1, -0.05) is 36.7 Å². The molecule has 24 heavy (non-hydrogen) atoms. The SMILES string of the molecule is CC1CCN(c2cc(Cl)nc(OCCC(=O)O)n2)c2ccccc21. The summed E-state index contributed by atoms with van der Waals surface area (Å²) in [5, 5.41) is 8.95.